The molecule has 1 rings (SSSR count). The number of rotatable bonds is 7. The Balaban J connectivity index is 2.60. The van der Waals surface area contributed by atoms with Gasteiger partial charge in [-0.2, -0.15) is 0 Å². The molecule has 0 aromatic carbocycles. The zero-order valence-corrected chi connectivity index (χ0v) is 20.1. The summed E-state index contributed by atoms with van der Waals surface area (Å²) in [6, 6.07) is 0. The van der Waals surface area contributed by atoms with Crippen LogP contribution in [0.4, 0.5) is 4.79 Å². The molecule has 1 aliphatic heterocycles. The van der Waals surface area contributed by atoms with Gasteiger partial charge in [-0.3, -0.25) is 9.59 Å². The third-order valence-electron chi connectivity index (χ3n) is 4.64. The molecule has 0 aliphatic carbocycles. The normalized spacial score (nSPS) is 15.8. The minimum atomic E-state index is -0.582. The van der Waals surface area contributed by atoms with E-state index in [-0.39, 0.29) is 24.5 Å². The molecule has 0 spiro atoms. The molecule has 30 heavy (non-hydrogen) atoms. The average Bonchev–Trinajstić information content (AvgIpc) is 2.55. The van der Waals surface area contributed by atoms with E-state index in [9.17, 15) is 14.4 Å². The van der Waals surface area contributed by atoms with Gasteiger partial charge in [-0.05, 0) is 74.4 Å². The topological polar surface area (TPSA) is 79.4 Å². The quantitative estimate of drug-likeness (QED) is 0.581. The monoisotopic (exact) mass is 427 g/mol. The predicted octanol–water partition coefficient (Wildman–Crippen LogP) is 2.76. The van der Waals surface area contributed by atoms with Crippen molar-refractivity contribution in [2.75, 3.05) is 46.8 Å². The molecule has 0 aromatic heterocycles. The Kier molecular flexibility index (Phi) is 9.59. The van der Waals surface area contributed by atoms with Crippen molar-refractivity contribution in [3.05, 3.63) is 0 Å². The van der Waals surface area contributed by atoms with E-state index in [0.29, 0.717) is 32.6 Å². The fourth-order valence-electron chi connectivity index (χ4n) is 3.16. The molecule has 0 aromatic rings. The molecule has 1 fully saturated rings. The van der Waals surface area contributed by atoms with E-state index < -0.39 is 17.2 Å². The number of carbonyl (C=O) groups excluding carboxylic acids is 3. The number of nitrogens with zero attached hydrogens (tertiary/aromatic N) is 3. The van der Waals surface area contributed by atoms with Crippen LogP contribution in [0.15, 0.2) is 0 Å². The van der Waals surface area contributed by atoms with E-state index in [1.54, 1.807) is 9.80 Å². The van der Waals surface area contributed by atoms with Gasteiger partial charge in [-0.1, -0.05) is 0 Å². The van der Waals surface area contributed by atoms with E-state index in [1.165, 1.54) is 0 Å². The second-order valence-electron chi connectivity index (χ2n) is 10.3. The van der Waals surface area contributed by atoms with Gasteiger partial charge < -0.3 is 24.2 Å². The highest BCUT2D eigenvalue weighted by Crippen LogP contribution is 2.23. The van der Waals surface area contributed by atoms with Crippen LogP contribution < -0.4 is 0 Å². The van der Waals surface area contributed by atoms with E-state index in [2.05, 4.69) is 0 Å². The van der Waals surface area contributed by atoms with Gasteiger partial charge in [0.05, 0.1) is 0 Å². The van der Waals surface area contributed by atoms with Crippen LogP contribution in [0.5, 0.6) is 0 Å². The number of piperidine rings is 1. The first kappa shape index (κ1) is 26.2. The maximum Gasteiger partial charge on any atom is 0.410 e. The standard InChI is InChI=1S/C22H41N3O5/c1-21(2,3)29-19(27)16-25(14-13-23(7)8)18(26)15-17-9-11-24(12-10-17)20(28)30-22(4,5)6/h17H,9-16H2,1-8H3. The zero-order valence-electron chi connectivity index (χ0n) is 20.1. The van der Waals surface area contributed by atoms with Crippen molar-refractivity contribution in [3.63, 3.8) is 0 Å². The van der Waals surface area contributed by atoms with Crippen molar-refractivity contribution in [3.8, 4) is 0 Å². The first-order valence-electron chi connectivity index (χ1n) is 10.8. The highest BCUT2D eigenvalue weighted by Gasteiger charge is 2.29. The Morgan fingerprint density at radius 3 is 1.90 bits per heavy atom. The van der Waals surface area contributed by atoms with Crippen molar-refractivity contribution in [2.45, 2.75) is 72.0 Å². The van der Waals surface area contributed by atoms with Gasteiger partial charge in [0, 0.05) is 32.6 Å². The highest BCUT2D eigenvalue weighted by atomic mass is 16.6. The van der Waals surface area contributed by atoms with Crippen LogP contribution in [0.3, 0.4) is 0 Å². The number of likely N-dealkylation sites (tertiary alicyclic amines) is 1. The molecule has 0 saturated carbocycles. The van der Waals surface area contributed by atoms with Crippen LogP contribution in [0.25, 0.3) is 0 Å². The Bertz CT molecular complexity index is 585. The van der Waals surface area contributed by atoms with Crippen LogP contribution in [-0.4, -0.2) is 90.7 Å². The second-order valence-corrected chi connectivity index (χ2v) is 10.3. The Labute approximate surface area is 181 Å². The van der Waals surface area contributed by atoms with Crippen molar-refractivity contribution < 1.29 is 23.9 Å². The van der Waals surface area contributed by atoms with Gasteiger partial charge in [-0.25, -0.2) is 4.79 Å². The molecule has 2 amide bonds. The summed E-state index contributed by atoms with van der Waals surface area (Å²) in [5.41, 5.74) is -1.10. The summed E-state index contributed by atoms with van der Waals surface area (Å²) < 4.78 is 10.8. The number of esters is 1. The summed E-state index contributed by atoms with van der Waals surface area (Å²) in [6.07, 6.45) is 1.57. The van der Waals surface area contributed by atoms with Gasteiger partial charge >= 0.3 is 12.1 Å². The molecule has 0 atom stereocenters. The Morgan fingerprint density at radius 2 is 1.43 bits per heavy atom. The molecule has 1 aliphatic rings. The van der Waals surface area contributed by atoms with Gasteiger partial charge in [0.1, 0.15) is 17.7 Å². The number of carbonyl (C=O) groups is 3. The lowest BCUT2D eigenvalue weighted by atomic mass is 9.93. The maximum absolute atomic E-state index is 12.9. The largest absolute Gasteiger partial charge is 0.459 e. The molecular formula is C22H41N3O5. The van der Waals surface area contributed by atoms with Gasteiger partial charge in [0.25, 0.3) is 0 Å². The van der Waals surface area contributed by atoms with Gasteiger partial charge in [0.2, 0.25) is 5.91 Å². The van der Waals surface area contributed by atoms with Crippen LogP contribution in [0.1, 0.15) is 60.8 Å². The van der Waals surface area contributed by atoms with Crippen molar-refractivity contribution in [1.29, 1.82) is 0 Å². The maximum atomic E-state index is 12.9. The second kappa shape index (κ2) is 11.0. The van der Waals surface area contributed by atoms with Gasteiger partial charge in [-0.15, -0.1) is 0 Å². The van der Waals surface area contributed by atoms with E-state index in [0.717, 1.165) is 12.8 Å². The van der Waals surface area contributed by atoms with E-state index in [1.807, 2.05) is 60.5 Å². The number of hydrogen-bond acceptors (Lipinski definition) is 6. The Hall–Kier alpha value is -1.83. The Morgan fingerprint density at radius 1 is 0.900 bits per heavy atom. The summed E-state index contributed by atoms with van der Waals surface area (Å²) in [7, 11) is 3.87. The van der Waals surface area contributed by atoms with Crippen molar-refractivity contribution >= 4 is 18.0 Å². The highest BCUT2D eigenvalue weighted by molar-refractivity contribution is 5.82. The first-order chi connectivity index (χ1) is 13.7. The number of likely N-dealkylation sites (N-methyl/N-ethyl adjacent to an activating group) is 1. The lowest BCUT2D eigenvalue weighted by molar-refractivity contribution is -0.159. The summed E-state index contributed by atoms with van der Waals surface area (Å²) in [4.78, 5) is 42.7. The molecule has 0 N–H and O–H groups in total. The van der Waals surface area contributed by atoms with Gasteiger partial charge in [0.15, 0.2) is 0 Å². The van der Waals surface area contributed by atoms with Crippen LogP contribution >= 0.6 is 0 Å². The fraction of sp³-hybridized carbons (Fsp3) is 0.864. The predicted molar refractivity (Wildman–Crippen MR) is 116 cm³/mol. The lowest BCUT2D eigenvalue weighted by Crippen LogP contribution is -2.44. The first-order valence-corrected chi connectivity index (χ1v) is 10.8. The molecule has 1 saturated heterocycles. The molecule has 8 heteroatoms. The minimum Gasteiger partial charge on any atom is -0.459 e. The SMILES string of the molecule is CN(C)CCN(CC(=O)OC(C)(C)C)C(=O)CC1CCN(C(=O)OC(C)(C)C)CC1. The third-order valence-corrected chi connectivity index (χ3v) is 4.64. The number of ether oxygens (including phenoxy) is 2. The molecule has 1 heterocycles. The fourth-order valence-corrected chi connectivity index (χ4v) is 3.16. The summed E-state index contributed by atoms with van der Waals surface area (Å²) in [6.45, 7) is 13.3. The zero-order chi connectivity index (χ0) is 23.1. The number of hydrogen-bond donors (Lipinski definition) is 0. The van der Waals surface area contributed by atoms with Crippen molar-refractivity contribution in [1.82, 2.24) is 14.7 Å². The summed E-state index contributed by atoms with van der Waals surface area (Å²) in [5, 5.41) is 0. The smallest absolute Gasteiger partial charge is 0.410 e. The molecule has 0 bridgehead atoms. The minimum absolute atomic E-state index is 0.0410. The molecular weight excluding hydrogens is 386 g/mol. The molecule has 174 valence electrons. The molecule has 8 nitrogen and oxygen atoms in total. The van der Waals surface area contributed by atoms with Crippen LogP contribution in [0, 0.1) is 5.92 Å². The molecule has 0 unspecified atom stereocenters. The third kappa shape index (κ3) is 10.8. The van der Waals surface area contributed by atoms with E-state index >= 15 is 0 Å². The van der Waals surface area contributed by atoms with Crippen molar-refractivity contribution in [2.24, 2.45) is 5.92 Å². The average molecular weight is 428 g/mol. The van der Waals surface area contributed by atoms with E-state index in [4.69, 9.17) is 9.47 Å². The number of amides is 2. The lowest BCUT2D eigenvalue weighted by Gasteiger charge is -2.34. The molecule has 0 radical (unpaired) electrons. The summed E-state index contributed by atoms with van der Waals surface area (Å²) in [5.74, 6) is -0.246. The van der Waals surface area contributed by atoms with Crippen LogP contribution in [-0.2, 0) is 19.1 Å². The van der Waals surface area contributed by atoms with Crippen LogP contribution in [0.2, 0.25) is 0 Å². The summed E-state index contributed by atoms with van der Waals surface area (Å²) >= 11 is 0.